The number of fused-ring (bicyclic) bond motifs is 1. The van der Waals surface area contributed by atoms with E-state index in [2.05, 4.69) is 65.0 Å². The zero-order chi connectivity index (χ0) is 23.7. The fraction of sp³-hybridized carbons (Fsp3) is 0.214. The van der Waals surface area contributed by atoms with E-state index in [1.165, 1.54) is 0 Å². The maximum Gasteiger partial charge on any atom is 0.256 e. The first-order chi connectivity index (χ1) is 16.5. The molecule has 1 fully saturated rings. The Hall–Kier alpha value is -3.90. The number of nitrogens with zero attached hydrogens (tertiary/aromatic N) is 2. The molecule has 0 atom stereocenters. The van der Waals surface area contributed by atoms with Crippen molar-refractivity contribution in [3.05, 3.63) is 77.5 Å². The summed E-state index contributed by atoms with van der Waals surface area (Å²) in [5.41, 5.74) is 12.9. The highest BCUT2D eigenvalue weighted by atomic mass is 16.2. The number of piperidine rings is 1. The van der Waals surface area contributed by atoms with Crippen molar-refractivity contribution in [2.24, 2.45) is 10.7 Å². The number of nitrogens with two attached hydrogens (primary N) is 1. The quantitative estimate of drug-likeness (QED) is 0.344. The van der Waals surface area contributed by atoms with Gasteiger partial charge in [0.1, 0.15) is 5.82 Å². The fourth-order valence-corrected chi connectivity index (χ4v) is 4.61. The van der Waals surface area contributed by atoms with Crippen LogP contribution in [-0.4, -0.2) is 46.6 Å². The number of nitrogens with one attached hydrogen (secondary N) is 2. The van der Waals surface area contributed by atoms with Crippen molar-refractivity contribution in [2.75, 3.05) is 13.1 Å². The van der Waals surface area contributed by atoms with Gasteiger partial charge in [0.25, 0.3) is 5.91 Å². The van der Waals surface area contributed by atoms with Crippen LogP contribution < -0.4 is 5.73 Å². The summed E-state index contributed by atoms with van der Waals surface area (Å²) in [6, 6.07) is 18.6. The number of aromatic amines is 2. The summed E-state index contributed by atoms with van der Waals surface area (Å²) in [4.78, 5) is 25.9. The van der Waals surface area contributed by atoms with E-state index in [0.717, 1.165) is 57.5 Å². The topological polar surface area (TPSA) is 90.3 Å². The molecule has 0 bridgehead atoms. The highest BCUT2D eigenvalue weighted by molar-refractivity contribution is 6.07. The minimum absolute atomic E-state index is 0.0632. The van der Waals surface area contributed by atoms with Crippen molar-refractivity contribution in [3.8, 4) is 11.3 Å². The molecule has 2 aromatic carbocycles. The Labute approximate surface area is 199 Å². The smallest absolute Gasteiger partial charge is 0.256 e. The fourth-order valence-electron chi connectivity index (χ4n) is 4.61. The molecule has 2 aromatic heterocycles. The van der Waals surface area contributed by atoms with Crippen LogP contribution >= 0.6 is 0 Å². The van der Waals surface area contributed by atoms with Gasteiger partial charge in [0.05, 0.1) is 5.56 Å². The minimum atomic E-state index is 0.0632. The van der Waals surface area contributed by atoms with E-state index in [1.54, 1.807) is 0 Å². The monoisotopic (exact) mass is 451 g/mol. The van der Waals surface area contributed by atoms with Crippen LogP contribution in [0.2, 0.25) is 0 Å². The molecule has 1 amide bonds. The van der Waals surface area contributed by atoms with Crippen LogP contribution in [0, 0.1) is 0 Å². The summed E-state index contributed by atoms with van der Waals surface area (Å²) in [5.74, 6) is 0.799. The SMILES string of the molecule is C=Nc1[nH]c(-c2ccccc2)cc1/C=C(\C)c1ccc2[nH]cc(C(=O)N3CCC(N)CC3)c2c1. The molecule has 0 unspecified atom stereocenters. The van der Waals surface area contributed by atoms with Crippen molar-refractivity contribution in [3.63, 3.8) is 0 Å². The first-order valence-corrected chi connectivity index (χ1v) is 11.6. The molecule has 6 heteroatoms. The van der Waals surface area contributed by atoms with Gasteiger partial charge in [-0.1, -0.05) is 36.4 Å². The van der Waals surface area contributed by atoms with Crippen molar-refractivity contribution in [2.45, 2.75) is 25.8 Å². The predicted octanol–water partition coefficient (Wildman–Crippen LogP) is 5.62. The summed E-state index contributed by atoms with van der Waals surface area (Å²) < 4.78 is 0. The summed E-state index contributed by atoms with van der Waals surface area (Å²) in [6.07, 6.45) is 5.63. The molecule has 1 saturated heterocycles. The molecule has 0 aliphatic carbocycles. The molecule has 5 rings (SSSR count). The van der Waals surface area contributed by atoms with Gasteiger partial charge in [-0.3, -0.25) is 4.79 Å². The molecular weight excluding hydrogens is 422 g/mol. The molecule has 1 aliphatic rings. The number of rotatable bonds is 5. The van der Waals surface area contributed by atoms with Crippen molar-refractivity contribution < 1.29 is 4.79 Å². The summed E-state index contributed by atoms with van der Waals surface area (Å²) in [7, 11) is 0. The Kier molecular flexibility index (Phi) is 5.90. The van der Waals surface area contributed by atoms with Crippen molar-refractivity contribution in [1.29, 1.82) is 0 Å². The molecular formula is C28H29N5O. The summed E-state index contributed by atoms with van der Waals surface area (Å²) in [6.45, 7) is 7.22. The highest BCUT2D eigenvalue weighted by Gasteiger charge is 2.23. The number of aliphatic imine (C=N–C) groups is 1. The number of amides is 1. The molecule has 4 aromatic rings. The normalized spacial score (nSPS) is 15.1. The number of hydrogen-bond acceptors (Lipinski definition) is 3. The Morgan fingerprint density at radius 1 is 1.15 bits per heavy atom. The van der Waals surface area contributed by atoms with Gasteiger partial charge in [0.2, 0.25) is 0 Å². The standard InChI is InChI=1S/C28H29N5O/c1-18(14-21-16-26(32-27(21)30-2)19-6-4-3-5-7-19)20-8-9-25-23(15-20)24(17-31-25)28(34)33-12-10-22(29)11-13-33/h3-9,14-17,22,31-32H,2,10-13,29H2,1H3/b18-14+. The number of likely N-dealkylation sites (tertiary alicyclic amines) is 1. The number of carbonyl (C=O) groups is 1. The molecule has 0 spiro atoms. The predicted molar refractivity (Wildman–Crippen MR) is 140 cm³/mol. The Bertz CT molecular complexity index is 1370. The van der Waals surface area contributed by atoms with Gasteiger partial charge in [-0.25, -0.2) is 4.99 Å². The Morgan fingerprint density at radius 2 is 1.91 bits per heavy atom. The number of carbonyl (C=O) groups excluding carboxylic acids is 1. The lowest BCUT2D eigenvalue weighted by atomic mass is 10.0. The lowest BCUT2D eigenvalue weighted by Crippen LogP contribution is -2.42. The first-order valence-electron chi connectivity index (χ1n) is 11.6. The van der Waals surface area contributed by atoms with E-state index in [4.69, 9.17) is 5.73 Å². The van der Waals surface area contributed by atoms with Gasteiger partial charge in [-0.05, 0) is 67.5 Å². The van der Waals surface area contributed by atoms with Crippen molar-refractivity contribution >= 4 is 41.0 Å². The van der Waals surface area contributed by atoms with Gasteiger partial charge < -0.3 is 20.6 Å². The second kappa shape index (κ2) is 9.15. The van der Waals surface area contributed by atoms with Crippen LogP contribution in [0.5, 0.6) is 0 Å². The van der Waals surface area contributed by atoms with E-state index in [0.29, 0.717) is 18.7 Å². The zero-order valence-electron chi connectivity index (χ0n) is 19.3. The van der Waals surface area contributed by atoms with E-state index in [1.807, 2.05) is 35.4 Å². The molecule has 0 saturated carbocycles. The van der Waals surface area contributed by atoms with E-state index in [-0.39, 0.29) is 11.9 Å². The van der Waals surface area contributed by atoms with E-state index >= 15 is 0 Å². The zero-order valence-corrected chi connectivity index (χ0v) is 19.3. The van der Waals surface area contributed by atoms with Crippen LogP contribution in [-0.2, 0) is 0 Å². The molecule has 172 valence electrons. The number of H-pyrrole nitrogens is 2. The highest BCUT2D eigenvalue weighted by Crippen LogP contribution is 2.31. The number of allylic oxidation sites excluding steroid dienone is 1. The van der Waals surface area contributed by atoms with Crippen LogP contribution in [0.4, 0.5) is 5.82 Å². The maximum absolute atomic E-state index is 13.2. The van der Waals surface area contributed by atoms with Gasteiger partial charge in [-0.15, -0.1) is 0 Å². The average Bonchev–Trinajstić information content (AvgIpc) is 3.48. The van der Waals surface area contributed by atoms with E-state index in [9.17, 15) is 4.79 Å². The number of benzene rings is 2. The lowest BCUT2D eigenvalue weighted by Gasteiger charge is -2.30. The largest absolute Gasteiger partial charge is 0.360 e. The maximum atomic E-state index is 13.2. The first kappa shape index (κ1) is 21.9. The van der Waals surface area contributed by atoms with Crippen LogP contribution in [0.3, 0.4) is 0 Å². The van der Waals surface area contributed by atoms with Gasteiger partial charge >= 0.3 is 0 Å². The second-order valence-corrected chi connectivity index (χ2v) is 8.93. The van der Waals surface area contributed by atoms with Gasteiger partial charge in [0, 0.05) is 47.5 Å². The third-order valence-corrected chi connectivity index (χ3v) is 6.64. The number of hydrogen-bond donors (Lipinski definition) is 3. The minimum Gasteiger partial charge on any atom is -0.360 e. The Morgan fingerprint density at radius 3 is 2.65 bits per heavy atom. The Balaban J connectivity index is 1.46. The summed E-state index contributed by atoms with van der Waals surface area (Å²) in [5, 5.41) is 0.936. The van der Waals surface area contributed by atoms with E-state index < -0.39 is 0 Å². The molecule has 6 nitrogen and oxygen atoms in total. The van der Waals surface area contributed by atoms with Crippen LogP contribution in [0.25, 0.3) is 33.8 Å². The van der Waals surface area contributed by atoms with Crippen molar-refractivity contribution in [1.82, 2.24) is 14.9 Å². The molecule has 1 aliphatic heterocycles. The second-order valence-electron chi connectivity index (χ2n) is 8.93. The van der Waals surface area contributed by atoms with Gasteiger partial charge in [0.15, 0.2) is 0 Å². The summed E-state index contributed by atoms with van der Waals surface area (Å²) >= 11 is 0. The molecule has 34 heavy (non-hydrogen) atoms. The van der Waals surface area contributed by atoms with Gasteiger partial charge in [-0.2, -0.15) is 0 Å². The molecule has 3 heterocycles. The molecule has 0 radical (unpaired) electrons. The average molecular weight is 452 g/mol. The third-order valence-electron chi connectivity index (χ3n) is 6.64. The lowest BCUT2D eigenvalue weighted by molar-refractivity contribution is 0.0717. The van der Waals surface area contributed by atoms with Crippen LogP contribution in [0.15, 0.2) is 65.8 Å². The molecule has 4 N–H and O–H groups in total. The third kappa shape index (κ3) is 4.20. The van der Waals surface area contributed by atoms with Crippen LogP contribution in [0.1, 0.15) is 41.3 Å². The number of aromatic nitrogens is 2.